The van der Waals surface area contributed by atoms with E-state index < -0.39 is 0 Å². The van der Waals surface area contributed by atoms with E-state index in [1.807, 2.05) is 24.3 Å². The average Bonchev–Trinajstić information content (AvgIpc) is 2.18. The lowest BCUT2D eigenvalue weighted by Gasteiger charge is -2.10. The highest BCUT2D eigenvalue weighted by atomic mass is 79.9. The van der Waals surface area contributed by atoms with Crippen LogP contribution in [-0.2, 0) is 6.42 Å². The maximum Gasteiger partial charge on any atom is 0.0671 e. The van der Waals surface area contributed by atoms with Gasteiger partial charge in [0.1, 0.15) is 0 Å². The predicted octanol–water partition coefficient (Wildman–Crippen LogP) is 3.11. The summed E-state index contributed by atoms with van der Waals surface area (Å²) in [6.45, 7) is 2.11. The number of hydrogen-bond acceptors (Lipinski definition) is 2. The predicted molar refractivity (Wildman–Crippen MR) is 66.9 cm³/mol. The molecule has 3 heteroatoms. The molecule has 1 atom stereocenters. The third kappa shape index (κ3) is 4.03. The van der Waals surface area contributed by atoms with Crippen molar-refractivity contribution < 1.29 is 5.11 Å². The normalized spacial score (nSPS) is 12.8. The van der Waals surface area contributed by atoms with Crippen LogP contribution in [0.4, 0.5) is 0 Å². The molecule has 0 radical (unpaired) electrons. The van der Waals surface area contributed by atoms with Crippen molar-refractivity contribution in [3.05, 3.63) is 34.3 Å². The molecule has 0 saturated heterocycles. The second-order valence-corrected chi connectivity index (χ2v) is 5.28. The Morgan fingerprint density at radius 1 is 1.43 bits per heavy atom. The molecule has 1 unspecified atom stereocenters. The molecule has 0 heterocycles. The van der Waals surface area contributed by atoms with E-state index in [2.05, 4.69) is 22.9 Å². The van der Waals surface area contributed by atoms with Crippen molar-refractivity contribution in [2.75, 3.05) is 11.5 Å². The van der Waals surface area contributed by atoms with Gasteiger partial charge >= 0.3 is 0 Å². The molecule has 1 N–H and O–H groups in total. The zero-order valence-corrected chi connectivity index (χ0v) is 10.6. The lowest BCUT2D eigenvalue weighted by molar-refractivity contribution is 0.200. The summed E-state index contributed by atoms with van der Waals surface area (Å²) in [4.78, 5) is 0. The first kappa shape index (κ1) is 12.1. The summed E-state index contributed by atoms with van der Waals surface area (Å²) in [6, 6.07) is 8.04. The zero-order chi connectivity index (χ0) is 10.4. The first-order chi connectivity index (χ1) is 6.74. The quantitative estimate of drug-likeness (QED) is 0.891. The molecule has 1 aromatic carbocycles. The Balaban J connectivity index is 2.47. The summed E-state index contributed by atoms with van der Waals surface area (Å²) < 4.78 is 1.08. The third-order valence-corrected chi connectivity index (χ3v) is 3.73. The molecule has 78 valence electrons. The van der Waals surface area contributed by atoms with E-state index in [0.29, 0.717) is 0 Å². The van der Waals surface area contributed by atoms with Crippen LogP contribution in [0.2, 0.25) is 0 Å². The Labute approximate surface area is 98.0 Å². The highest BCUT2D eigenvalue weighted by Crippen LogP contribution is 2.18. The Morgan fingerprint density at radius 2 is 2.14 bits per heavy atom. The highest BCUT2D eigenvalue weighted by molar-refractivity contribution is 9.10. The fourth-order valence-corrected chi connectivity index (χ4v) is 2.30. The molecular formula is C11H15BrOS. The van der Waals surface area contributed by atoms with Crippen molar-refractivity contribution in [2.24, 2.45) is 0 Å². The minimum atomic E-state index is -0.237. The molecule has 0 saturated carbocycles. The van der Waals surface area contributed by atoms with Crippen LogP contribution in [0.5, 0.6) is 0 Å². The standard InChI is InChI=1S/C11H15BrOS/c1-2-14-8-10(13)7-9-5-3-4-6-11(9)12/h3-6,10,13H,2,7-8H2,1H3. The van der Waals surface area contributed by atoms with Crippen LogP contribution in [0, 0.1) is 0 Å². The van der Waals surface area contributed by atoms with Gasteiger partial charge in [-0.15, -0.1) is 0 Å². The van der Waals surface area contributed by atoms with Crippen LogP contribution in [0.15, 0.2) is 28.7 Å². The average molecular weight is 275 g/mol. The first-order valence-electron chi connectivity index (χ1n) is 4.73. The van der Waals surface area contributed by atoms with Gasteiger partial charge in [-0.3, -0.25) is 0 Å². The van der Waals surface area contributed by atoms with Gasteiger partial charge < -0.3 is 5.11 Å². The molecule has 0 amide bonds. The Hall–Kier alpha value is 0.01000. The lowest BCUT2D eigenvalue weighted by Crippen LogP contribution is -2.13. The van der Waals surface area contributed by atoms with Gasteiger partial charge in [-0.25, -0.2) is 0 Å². The minimum absolute atomic E-state index is 0.237. The highest BCUT2D eigenvalue weighted by Gasteiger charge is 2.07. The number of aliphatic hydroxyl groups excluding tert-OH is 1. The third-order valence-electron chi connectivity index (χ3n) is 1.93. The summed E-state index contributed by atoms with van der Waals surface area (Å²) in [5, 5.41) is 9.72. The number of rotatable bonds is 5. The van der Waals surface area contributed by atoms with E-state index in [4.69, 9.17) is 0 Å². The van der Waals surface area contributed by atoms with Gasteiger partial charge in [0.2, 0.25) is 0 Å². The van der Waals surface area contributed by atoms with Crippen molar-refractivity contribution in [1.29, 1.82) is 0 Å². The van der Waals surface area contributed by atoms with Crippen LogP contribution in [0.1, 0.15) is 12.5 Å². The molecule has 0 aliphatic heterocycles. The Morgan fingerprint density at radius 3 is 2.79 bits per heavy atom. The molecular weight excluding hydrogens is 260 g/mol. The van der Waals surface area contributed by atoms with Crippen molar-refractivity contribution in [1.82, 2.24) is 0 Å². The van der Waals surface area contributed by atoms with Gasteiger partial charge in [-0.05, 0) is 17.4 Å². The van der Waals surface area contributed by atoms with E-state index in [0.717, 1.165) is 22.4 Å². The van der Waals surface area contributed by atoms with E-state index >= 15 is 0 Å². The molecule has 0 aliphatic carbocycles. The Kier molecular flexibility index (Phi) is 5.60. The van der Waals surface area contributed by atoms with Gasteiger partial charge in [0.05, 0.1) is 6.10 Å². The molecule has 0 aromatic heterocycles. The number of hydrogen-bond donors (Lipinski definition) is 1. The number of benzene rings is 1. The van der Waals surface area contributed by atoms with E-state index in [1.165, 1.54) is 5.56 Å². The molecule has 1 nitrogen and oxygen atoms in total. The molecule has 0 fully saturated rings. The number of thioether (sulfide) groups is 1. The van der Waals surface area contributed by atoms with Crippen LogP contribution in [0.3, 0.4) is 0 Å². The van der Waals surface area contributed by atoms with E-state index in [-0.39, 0.29) is 6.10 Å². The van der Waals surface area contributed by atoms with Gasteiger partial charge in [0.25, 0.3) is 0 Å². The molecule has 0 spiro atoms. The zero-order valence-electron chi connectivity index (χ0n) is 8.24. The summed E-state index contributed by atoms with van der Waals surface area (Å²) in [5.74, 6) is 1.88. The largest absolute Gasteiger partial charge is 0.392 e. The Bertz CT molecular complexity index is 278. The maximum absolute atomic E-state index is 9.72. The van der Waals surface area contributed by atoms with Gasteiger partial charge in [-0.2, -0.15) is 11.8 Å². The van der Waals surface area contributed by atoms with Gasteiger partial charge in [0, 0.05) is 16.6 Å². The fourth-order valence-electron chi connectivity index (χ4n) is 1.23. The fraction of sp³-hybridized carbons (Fsp3) is 0.455. The smallest absolute Gasteiger partial charge is 0.0671 e. The second-order valence-electron chi connectivity index (χ2n) is 3.11. The molecule has 1 aromatic rings. The minimum Gasteiger partial charge on any atom is -0.392 e. The van der Waals surface area contributed by atoms with Crippen LogP contribution < -0.4 is 0 Å². The van der Waals surface area contributed by atoms with Crippen LogP contribution in [0.25, 0.3) is 0 Å². The molecule has 14 heavy (non-hydrogen) atoms. The number of aliphatic hydroxyl groups is 1. The first-order valence-corrected chi connectivity index (χ1v) is 6.68. The monoisotopic (exact) mass is 274 g/mol. The summed E-state index contributed by atoms with van der Waals surface area (Å²) in [5.41, 5.74) is 1.18. The van der Waals surface area contributed by atoms with Crippen molar-refractivity contribution >= 4 is 27.7 Å². The number of halogens is 1. The van der Waals surface area contributed by atoms with Crippen LogP contribution in [-0.4, -0.2) is 22.7 Å². The van der Waals surface area contributed by atoms with Crippen LogP contribution >= 0.6 is 27.7 Å². The lowest BCUT2D eigenvalue weighted by atomic mass is 10.1. The molecule has 1 rings (SSSR count). The maximum atomic E-state index is 9.72. The molecule has 0 bridgehead atoms. The van der Waals surface area contributed by atoms with E-state index in [9.17, 15) is 5.11 Å². The molecule has 0 aliphatic rings. The summed E-state index contributed by atoms with van der Waals surface area (Å²) in [6.07, 6.45) is 0.493. The van der Waals surface area contributed by atoms with Crippen molar-refractivity contribution in [3.8, 4) is 0 Å². The van der Waals surface area contributed by atoms with Gasteiger partial charge in [-0.1, -0.05) is 41.1 Å². The van der Waals surface area contributed by atoms with Crippen molar-refractivity contribution in [3.63, 3.8) is 0 Å². The van der Waals surface area contributed by atoms with Gasteiger partial charge in [0.15, 0.2) is 0 Å². The topological polar surface area (TPSA) is 20.2 Å². The summed E-state index contributed by atoms with van der Waals surface area (Å²) in [7, 11) is 0. The summed E-state index contributed by atoms with van der Waals surface area (Å²) >= 11 is 5.25. The van der Waals surface area contributed by atoms with Crippen molar-refractivity contribution in [2.45, 2.75) is 19.4 Å². The van der Waals surface area contributed by atoms with E-state index in [1.54, 1.807) is 11.8 Å². The SMILES string of the molecule is CCSCC(O)Cc1ccccc1Br. The second kappa shape index (κ2) is 6.49.